The van der Waals surface area contributed by atoms with Crippen LogP contribution >= 0.6 is 0 Å². The lowest BCUT2D eigenvalue weighted by Crippen LogP contribution is -2.53. The van der Waals surface area contributed by atoms with Gasteiger partial charge in [0.25, 0.3) is 0 Å². The van der Waals surface area contributed by atoms with E-state index >= 15 is 0 Å². The van der Waals surface area contributed by atoms with Crippen LogP contribution in [0.2, 0.25) is 0 Å². The Labute approximate surface area is 120 Å². The monoisotopic (exact) mass is 290 g/mol. The second-order valence-corrected chi connectivity index (χ2v) is 4.94. The Morgan fingerprint density at radius 1 is 1.19 bits per heavy atom. The number of fused-ring (bicyclic) bond motifs is 1. The first-order valence-electron chi connectivity index (χ1n) is 6.49. The zero-order chi connectivity index (χ0) is 15.0. The van der Waals surface area contributed by atoms with Crippen LogP contribution in [0.1, 0.15) is 5.56 Å². The molecule has 2 aliphatic heterocycles. The zero-order valence-electron chi connectivity index (χ0n) is 10.9. The summed E-state index contributed by atoms with van der Waals surface area (Å²) in [7, 11) is 0. The van der Waals surface area contributed by atoms with Crippen molar-refractivity contribution in [3.63, 3.8) is 0 Å². The molecule has 0 spiro atoms. The number of hydrogen-bond donors (Lipinski definition) is 4. The molecule has 3 atom stereocenters. The molecule has 1 aromatic rings. The van der Waals surface area contributed by atoms with E-state index in [1.807, 2.05) is 6.07 Å². The maximum absolute atomic E-state index is 12.0. The van der Waals surface area contributed by atoms with E-state index in [2.05, 4.69) is 16.0 Å². The Bertz CT molecular complexity index is 591. The van der Waals surface area contributed by atoms with Gasteiger partial charge in [-0.3, -0.25) is 4.90 Å². The van der Waals surface area contributed by atoms with Crippen molar-refractivity contribution in [2.45, 2.75) is 24.8 Å². The quantitative estimate of drug-likeness (QED) is 0.608. The van der Waals surface area contributed by atoms with Gasteiger partial charge in [0.15, 0.2) is 0 Å². The number of nitrogens with one attached hydrogen (secondary N) is 3. The summed E-state index contributed by atoms with van der Waals surface area (Å²) in [5.74, 6) is -1.11. The number of carboxylic acids is 1. The molecule has 2 saturated heterocycles. The van der Waals surface area contributed by atoms with Crippen molar-refractivity contribution < 1.29 is 19.5 Å². The predicted molar refractivity (Wildman–Crippen MR) is 71.2 cm³/mol. The van der Waals surface area contributed by atoms with Crippen molar-refractivity contribution >= 4 is 18.0 Å². The van der Waals surface area contributed by atoms with Crippen molar-refractivity contribution in [3.05, 3.63) is 35.9 Å². The van der Waals surface area contributed by atoms with Gasteiger partial charge in [-0.05, 0) is 5.56 Å². The minimum atomic E-state index is -1.11. The van der Waals surface area contributed by atoms with E-state index in [-0.39, 0.29) is 6.42 Å². The number of rotatable bonds is 4. The average molecular weight is 290 g/mol. The number of carboxylic acid groups (broad SMARTS) is 1. The fraction of sp³-hybridized carbons (Fsp3) is 0.308. The van der Waals surface area contributed by atoms with E-state index in [1.54, 1.807) is 24.3 Å². The van der Waals surface area contributed by atoms with Gasteiger partial charge >= 0.3 is 18.0 Å². The molecular formula is C13H14N4O4. The topological polar surface area (TPSA) is 111 Å². The van der Waals surface area contributed by atoms with Crippen molar-refractivity contribution in [3.8, 4) is 0 Å². The van der Waals surface area contributed by atoms with Gasteiger partial charge in [0, 0.05) is 6.42 Å². The number of aliphatic carboxylic acids is 1. The highest BCUT2D eigenvalue weighted by molar-refractivity contribution is 5.88. The molecule has 8 nitrogen and oxygen atoms in total. The lowest BCUT2D eigenvalue weighted by molar-refractivity contribution is -0.142. The van der Waals surface area contributed by atoms with Crippen LogP contribution in [-0.2, 0) is 11.2 Å². The molecular weight excluding hydrogens is 276 g/mol. The number of urea groups is 2. The highest BCUT2D eigenvalue weighted by Crippen LogP contribution is 2.20. The summed E-state index contributed by atoms with van der Waals surface area (Å²) < 4.78 is 0. The molecule has 4 amide bonds. The first-order chi connectivity index (χ1) is 10.1. The van der Waals surface area contributed by atoms with Gasteiger partial charge in [0.05, 0.1) is 0 Å². The fourth-order valence-electron chi connectivity index (χ4n) is 2.64. The molecule has 2 fully saturated rings. The van der Waals surface area contributed by atoms with Crippen LogP contribution in [0.25, 0.3) is 0 Å². The molecule has 3 rings (SSSR count). The molecule has 0 unspecified atom stereocenters. The molecule has 8 heteroatoms. The molecule has 1 aromatic carbocycles. The third-order valence-corrected chi connectivity index (χ3v) is 3.59. The van der Waals surface area contributed by atoms with Gasteiger partial charge in [-0.25, -0.2) is 14.4 Å². The lowest BCUT2D eigenvalue weighted by atomic mass is 10.0. The van der Waals surface area contributed by atoms with Crippen LogP contribution < -0.4 is 16.0 Å². The van der Waals surface area contributed by atoms with Gasteiger partial charge in [-0.15, -0.1) is 0 Å². The summed E-state index contributed by atoms with van der Waals surface area (Å²) >= 11 is 0. The lowest BCUT2D eigenvalue weighted by Gasteiger charge is -2.27. The minimum absolute atomic E-state index is 0.169. The van der Waals surface area contributed by atoms with Crippen LogP contribution in [0.5, 0.6) is 0 Å². The second-order valence-electron chi connectivity index (χ2n) is 4.94. The first kappa shape index (κ1) is 13.2. The third-order valence-electron chi connectivity index (χ3n) is 3.59. The molecule has 0 radical (unpaired) electrons. The Hall–Kier alpha value is -2.77. The highest BCUT2D eigenvalue weighted by atomic mass is 16.4. The van der Waals surface area contributed by atoms with Gasteiger partial charge in [-0.1, -0.05) is 30.3 Å². The number of nitrogens with zero attached hydrogens (tertiary/aromatic N) is 1. The minimum Gasteiger partial charge on any atom is -0.480 e. The standard InChI is InChI=1S/C13H14N4O4/c18-11(19)8(6-7-4-2-1-3-5-7)17-10-9(15-13(17)21)14-12(20)16-10/h1-5,8-10H,6H2,(H,15,21)(H,18,19)(H2,14,16,20)/t8-,9+,10+/m1/s1. The van der Waals surface area contributed by atoms with Crippen LogP contribution in [0, 0.1) is 0 Å². The van der Waals surface area contributed by atoms with E-state index in [0.29, 0.717) is 0 Å². The number of carbonyl (C=O) groups excluding carboxylic acids is 2. The molecule has 2 heterocycles. The molecule has 0 bridgehead atoms. The van der Waals surface area contributed by atoms with E-state index in [9.17, 15) is 19.5 Å². The molecule has 0 aliphatic carbocycles. The van der Waals surface area contributed by atoms with Crippen molar-refractivity contribution in [2.24, 2.45) is 0 Å². The molecule has 110 valence electrons. The van der Waals surface area contributed by atoms with Crippen LogP contribution in [0.4, 0.5) is 9.59 Å². The Kier molecular flexibility index (Phi) is 3.13. The summed E-state index contributed by atoms with van der Waals surface area (Å²) in [4.78, 5) is 36.0. The van der Waals surface area contributed by atoms with E-state index in [4.69, 9.17) is 0 Å². The summed E-state index contributed by atoms with van der Waals surface area (Å²) in [6.45, 7) is 0. The Morgan fingerprint density at radius 2 is 1.90 bits per heavy atom. The Balaban J connectivity index is 1.85. The second kappa shape index (κ2) is 4.97. The van der Waals surface area contributed by atoms with E-state index < -0.39 is 36.4 Å². The first-order valence-corrected chi connectivity index (χ1v) is 6.49. The number of carbonyl (C=O) groups is 3. The average Bonchev–Trinajstić information content (AvgIpc) is 2.92. The smallest absolute Gasteiger partial charge is 0.326 e. The maximum atomic E-state index is 12.0. The van der Waals surface area contributed by atoms with Gasteiger partial charge in [-0.2, -0.15) is 0 Å². The summed E-state index contributed by atoms with van der Waals surface area (Å²) in [5.41, 5.74) is 0.804. The van der Waals surface area contributed by atoms with Crippen molar-refractivity contribution in [1.82, 2.24) is 20.9 Å². The van der Waals surface area contributed by atoms with Crippen LogP contribution in [-0.4, -0.2) is 46.4 Å². The Morgan fingerprint density at radius 3 is 2.57 bits per heavy atom. The van der Waals surface area contributed by atoms with Crippen molar-refractivity contribution in [1.29, 1.82) is 0 Å². The fourth-order valence-corrected chi connectivity index (χ4v) is 2.64. The van der Waals surface area contributed by atoms with E-state index in [1.165, 1.54) is 0 Å². The SMILES string of the molecule is O=C1N[C@H]2NC(=O)N([C@H](Cc3ccccc3)C(=O)O)[C@@H]2N1. The van der Waals surface area contributed by atoms with Gasteiger partial charge in [0.1, 0.15) is 18.4 Å². The predicted octanol–water partition coefficient (Wildman–Crippen LogP) is -0.328. The summed E-state index contributed by atoms with van der Waals surface area (Å²) in [6.07, 6.45) is -1.14. The van der Waals surface area contributed by atoms with Gasteiger partial charge in [0.2, 0.25) is 0 Å². The maximum Gasteiger partial charge on any atom is 0.326 e. The van der Waals surface area contributed by atoms with Crippen LogP contribution in [0.3, 0.4) is 0 Å². The largest absolute Gasteiger partial charge is 0.480 e. The molecule has 0 saturated carbocycles. The molecule has 21 heavy (non-hydrogen) atoms. The van der Waals surface area contributed by atoms with Crippen LogP contribution in [0.15, 0.2) is 30.3 Å². The number of amides is 4. The van der Waals surface area contributed by atoms with Crippen molar-refractivity contribution in [2.75, 3.05) is 0 Å². The zero-order valence-corrected chi connectivity index (χ0v) is 10.9. The normalized spacial score (nSPS) is 24.9. The number of hydrogen-bond acceptors (Lipinski definition) is 3. The number of benzene rings is 1. The molecule has 4 N–H and O–H groups in total. The van der Waals surface area contributed by atoms with Gasteiger partial charge < -0.3 is 21.1 Å². The summed E-state index contributed by atoms with van der Waals surface area (Å²) in [6, 6.07) is 7.04. The highest BCUT2D eigenvalue weighted by Gasteiger charge is 2.49. The molecule has 0 aromatic heterocycles. The third kappa shape index (κ3) is 2.35. The summed E-state index contributed by atoms with van der Waals surface area (Å²) in [5, 5.41) is 17.1. The van der Waals surface area contributed by atoms with E-state index in [0.717, 1.165) is 10.5 Å². The molecule has 2 aliphatic rings.